The monoisotopic (exact) mass is 261 g/mol. The van der Waals surface area contributed by atoms with E-state index in [1.165, 1.54) is 0 Å². The Morgan fingerprint density at radius 2 is 2.41 bits per heavy atom. The van der Waals surface area contributed by atoms with Crippen molar-refractivity contribution in [1.29, 1.82) is 0 Å². The van der Waals surface area contributed by atoms with E-state index in [4.69, 9.17) is 9.84 Å². The van der Waals surface area contributed by atoms with Crippen molar-refractivity contribution in [2.24, 2.45) is 0 Å². The van der Waals surface area contributed by atoms with Crippen LogP contribution in [0.15, 0.2) is 4.90 Å². The Hall–Kier alpha value is -0.960. The highest BCUT2D eigenvalue weighted by Crippen LogP contribution is 2.19. The summed E-state index contributed by atoms with van der Waals surface area (Å²) in [6.07, 6.45) is 0.657. The lowest BCUT2D eigenvalue weighted by atomic mass is 10.3. The fourth-order valence-electron chi connectivity index (χ4n) is 1.84. The van der Waals surface area contributed by atoms with Crippen molar-refractivity contribution in [2.75, 3.05) is 13.2 Å². The molecule has 0 aliphatic carbocycles. The number of nitrogens with one attached hydrogen (secondary N) is 2. The lowest BCUT2D eigenvalue weighted by molar-refractivity contribution is 0.192. The van der Waals surface area contributed by atoms with Gasteiger partial charge in [0.25, 0.3) is 0 Å². The van der Waals surface area contributed by atoms with Crippen molar-refractivity contribution in [3.8, 4) is 0 Å². The molecule has 7 nitrogen and oxygen atoms in total. The maximum atomic E-state index is 12.1. The molecule has 0 saturated carbocycles. The number of sulfonamides is 1. The summed E-state index contributed by atoms with van der Waals surface area (Å²) in [5.41, 5.74) is 0.550. The SMILES string of the molecule is Cc1[nH]nc(CO)c1S(=O)(=O)NC1CCOC1. The molecule has 2 heterocycles. The summed E-state index contributed by atoms with van der Waals surface area (Å²) in [7, 11) is -3.66. The number of aromatic amines is 1. The van der Waals surface area contributed by atoms with Gasteiger partial charge in [0.1, 0.15) is 10.6 Å². The number of hydrogen-bond donors (Lipinski definition) is 3. The zero-order valence-corrected chi connectivity index (χ0v) is 10.2. The number of H-pyrrole nitrogens is 1. The predicted molar refractivity (Wildman–Crippen MR) is 58.8 cm³/mol. The number of rotatable bonds is 4. The van der Waals surface area contributed by atoms with Gasteiger partial charge in [0, 0.05) is 12.6 Å². The number of hydrogen-bond acceptors (Lipinski definition) is 5. The lowest BCUT2D eigenvalue weighted by Gasteiger charge is -2.11. The Morgan fingerprint density at radius 1 is 1.65 bits per heavy atom. The van der Waals surface area contributed by atoms with Crippen molar-refractivity contribution in [3.05, 3.63) is 11.4 Å². The summed E-state index contributed by atoms with van der Waals surface area (Å²) in [6.45, 7) is 2.13. The van der Waals surface area contributed by atoms with E-state index in [-0.39, 0.29) is 16.6 Å². The van der Waals surface area contributed by atoms with Crippen LogP contribution < -0.4 is 4.72 Å². The van der Waals surface area contributed by atoms with Crippen LogP contribution in [-0.4, -0.2) is 43.0 Å². The van der Waals surface area contributed by atoms with Gasteiger partial charge in [-0.05, 0) is 13.3 Å². The van der Waals surface area contributed by atoms with Gasteiger partial charge in [0.2, 0.25) is 10.0 Å². The van der Waals surface area contributed by atoms with Crippen molar-refractivity contribution < 1.29 is 18.3 Å². The summed E-state index contributed by atoms with van der Waals surface area (Å²) in [5, 5.41) is 15.4. The Labute approximate surface area is 99.2 Å². The topological polar surface area (TPSA) is 104 Å². The molecule has 96 valence electrons. The van der Waals surface area contributed by atoms with Gasteiger partial charge in [-0.1, -0.05) is 0 Å². The van der Waals surface area contributed by atoms with Crippen LogP contribution in [-0.2, 0) is 21.4 Å². The van der Waals surface area contributed by atoms with Crippen molar-refractivity contribution >= 4 is 10.0 Å². The first-order valence-corrected chi connectivity index (χ1v) is 6.77. The molecule has 1 atom stereocenters. The molecule has 2 rings (SSSR count). The lowest BCUT2D eigenvalue weighted by Crippen LogP contribution is -2.35. The van der Waals surface area contributed by atoms with Crippen LogP contribution in [0.5, 0.6) is 0 Å². The van der Waals surface area contributed by atoms with Gasteiger partial charge in [-0.3, -0.25) is 5.10 Å². The van der Waals surface area contributed by atoms with Crippen molar-refractivity contribution in [2.45, 2.75) is 30.9 Å². The van der Waals surface area contributed by atoms with E-state index in [1.807, 2.05) is 0 Å². The van der Waals surface area contributed by atoms with Crippen LogP contribution in [0.1, 0.15) is 17.8 Å². The van der Waals surface area contributed by atoms with Crippen molar-refractivity contribution in [3.63, 3.8) is 0 Å². The highest BCUT2D eigenvalue weighted by Gasteiger charge is 2.28. The van der Waals surface area contributed by atoms with Gasteiger partial charge < -0.3 is 9.84 Å². The molecule has 0 bridgehead atoms. The molecule has 1 aliphatic rings. The molecule has 0 radical (unpaired) electrons. The quantitative estimate of drug-likeness (QED) is 0.663. The zero-order valence-electron chi connectivity index (χ0n) is 9.43. The third-order valence-corrected chi connectivity index (χ3v) is 4.35. The molecule has 1 unspecified atom stereocenters. The predicted octanol–water partition coefficient (Wildman–Crippen LogP) is -0.722. The van der Waals surface area contributed by atoms with Crippen LogP contribution in [0, 0.1) is 6.92 Å². The van der Waals surface area contributed by atoms with Crippen LogP contribution >= 0.6 is 0 Å². The molecule has 1 aliphatic heterocycles. The highest BCUT2D eigenvalue weighted by atomic mass is 32.2. The van der Waals surface area contributed by atoms with E-state index in [2.05, 4.69) is 14.9 Å². The number of ether oxygens (including phenoxy) is 1. The number of aromatic nitrogens is 2. The van der Waals surface area contributed by atoms with E-state index in [0.717, 1.165) is 0 Å². The molecule has 0 aromatic carbocycles. The van der Waals surface area contributed by atoms with Gasteiger partial charge in [0.05, 0.1) is 18.9 Å². The number of aryl methyl sites for hydroxylation is 1. The Morgan fingerprint density at radius 3 is 3.00 bits per heavy atom. The molecule has 17 heavy (non-hydrogen) atoms. The molecule has 0 amide bonds. The maximum Gasteiger partial charge on any atom is 0.244 e. The average molecular weight is 261 g/mol. The first-order chi connectivity index (χ1) is 8.04. The molecule has 1 aromatic heterocycles. The van der Waals surface area contributed by atoms with Gasteiger partial charge in [-0.15, -0.1) is 0 Å². The number of aliphatic hydroxyl groups is 1. The number of nitrogens with zero attached hydrogens (tertiary/aromatic N) is 1. The summed E-state index contributed by atoms with van der Waals surface area (Å²) in [6, 6.07) is -0.208. The third-order valence-electron chi connectivity index (χ3n) is 2.63. The first-order valence-electron chi connectivity index (χ1n) is 5.29. The Balaban J connectivity index is 2.27. The fraction of sp³-hybridized carbons (Fsp3) is 0.667. The second-order valence-electron chi connectivity index (χ2n) is 3.96. The Bertz CT molecular complexity index is 490. The van der Waals surface area contributed by atoms with E-state index in [1.54, 1.807) is 6.92 Å². The molecule has 1 aromatic rings. The van der Waals surface area contributed by atoms with Gasteiger partial charge in [-0.2, -0.15) is 5.10 Å². The van der Waals surface area contributed by atoms with Crippen molar-refractivity contribution in [1.82, 2.24) is 14.9 Å². The van der Waals surface area contributed by atoms with Crippen LogP contribution in [0.4, 0.5) is 0 Å². The molecule has 3 N–H and O–H groups in total. The Kier molecular flexibility index (Phi) is 3.48. The minimum Gasteiger partial charge on any atom is -0.390 e. The zero-order chi connectivity index (χ0) is 12.5. The molecule has 1 saturated heterocycles. The summed E-state index contributed by atoms with van der Waals surface area (Å²) >= 11 is 0. The summed E-state index contributed by atoms with van der Waals surface area (Å²) in [4.78, 5) is 0.0342. The van der Waals surface area contributed by atoms with E-state index < -0.39 is 16.6 Å². The largest absolute Gasteiger partial charge is 0.390 e. The number of aliphatic hydroxyl groups excluding tert-OH is 1. The molecule has 1 fully saturated rings. The molecular formula is C9H15N3O4S. The standard InChI is InChI=1S/C9H15N3O4S/c1-6-9(8(4-13)11-10-6)17(14,15)12-7-2-3-16-5-7/h7,12-13H,2-5H2,1H3,(H,10,11). The second-order valence-corrected chi connectivity index (χ2v) is 5.62. The minimum atomic E-state index is -3.66. The average Bonchev–Trinajstić information content (AvgIpc) is 2.86. The fourth-order valence-corrected chi connectivity index (χ4v) is 3.45. The molecule has 0 spiro atoms. The van der Waals surface area contributed by atoms with E-state index in [0.29, 0.717) is 25.3 Å². The molecular weight excluding hydrogens is 246 g/mol. The van der Waals surface area contributed by atoms with Crippen LogP contribution in [0.25, 0.3) is 0 Å². The van der Waals surface area contributed by atoms with Gasteiger partial charge in [-0.25, -0.2) is 13.1 Å². The van der Waals surface area contributed by atoms with Gasteiger partial charge in [0.15, 0.2) is 0 Å². The second kappa shape index (κ2) is 4.73. The smallest absolute Gasteiger partial charge is 0.244 e. The summed E-state index contributed by atoms with van der Waals surface area (Å²) in [5.74, 6) is 0. The van der Waals surface area contributed by atoms with E-state index in [9.17, 15) is 8.42 Å². The normalized spacial score (nSPS) is 20.9. The third kappa shape index (κ3) is 2.49. The van der Waals surface area contributed by atoms with E-state index >= 15 is 0 Å². The molecule has 8 heteroatoms. The highest BCUT2D eigenvalue weighted by molar-refractivity contribution is 7.89. The maximum absolute atomic E-state index is 12.1. The first kappa shape index (κ1) is 12.5. The van der Waals surface area contributed by atoms with Crippen LogP contribution in [0.2, 0.25) is 0 Å². The minimum absolute atomic E-state index is 0.0342. The van der Waals surface area contributed by atoms with Gasteiger partial charge >= 0.3 is 0 Å². The summed E-state index contributed by atoms with van der Waals surface area (Å²) < 4.78 is 31.9. The van der Waals surface area contributed by atoms with Crippen LogP contribution in [0.3, 0.4) is 0 Å².